The molecule has 9 atom stereocenters. The van der Waals surface area contributed by atoms with Crippen molar-refractivity contribution in [1.29, 1.82) is 0 Å². The van der Waals surface area contributed by atoms with Gasteiger partial charge in [-0.15, -0.1) is 0 Å². The van der Waals surface area contributed by atoms with Crippen LogP contribution in [-0.2, 0) is 28.5 Å². The van der Waals surface area contributed by atoms with Crippen LogP contribution in [0.3, 0.4) is 0 Å². The summed E-state index contributed by atoms with van der Waals surface area (Å²) < 4.78 is 31.7. The average Bonchev–Trinajstić information content (AvgIpc) is 3.67. The van der Waals surface area contributed by atoms with E-state index in [1.165, 1.54) is 0 Å². The molecule has 0 radical (unpaired) electrons. The van der Waals surface area contributed by atoms with Crippen molar-refractivity contribution in [3.63, 3.8) is 0 Å². The number of carbonyl (C=O) groups is 1. The number of ether oxygens (including phenoxy) is 5. The average molecular weight is 495 g/mol. The predicted molar refractivity (Wildman–Crippen MR) is 135 cm³/mol. The fourth-order valence-electron chi connectivity index (χ4n) is 7.61. The van der Waals surface area contributed by atoms with Gasteiger partial charge in [-0.1, -0.05) is 34.6 Å². The number of carbonyl (C=O) groups excluding carboxylic acids is 1. The molecule has 4 saturated heterocycles. The van der Waals surface area contributed by atoms with E-state index in [1.54, 1.807) is 0 Å². The summed E-state index contributed by atoms with van der Waals surface area (Å²) in [6.07, 6.45) is 12.0. The summed E-state index contributed by atoms with van der Waals surface area (Å²) in [6, 6.07) is 0. The number of fused-ring (bicyclic) bond motifs is 5. The summed E-state index contributed by atoms with van der Waals surface area (Å²) in [5.41, 5.74) is -0.264. The molecular formula is C29H50O6. The van der Waals surface area contributed by atoms with E-state index in [2.05, 4.69) is 20.8 Å². The fraction of sp³-hybridized carbons (Fsp3) is 0.966. The van der Waals surface area contributed by atoms with Gasteiger partial charge in [-0.25, -0.2) is 0 Å². The summed E-state index contributed by atoms with van der Waals surface area (Å²) in [5.74, 6) is 0.986. The van der Waals surface area contributed by atoms with Crippen LogP contribution in [-0.4, -0.2) is 55.0 Å². The van der Waals surface area contributed by atoms with Crippen molar-refractivity contribution in [1.82, 2.24) is 0 Å². The maximum atomic E-state index is 13.2. The number of hydrogen-bond donors (Lipinski definition) is 0. The van der Waals surface area contributed by atoms with Gasteiger partial charge in [0.25, 0.3) is 0 Å². The normalized spacial score (nSPS) is 40.1. The van der Waals surface area contributed by atoms with Crippen LogP contribution < -0.4 is 0 Å². The van der Waals surface area contributed by atoms with Crippen LogP contribution in [0.4, 0.5) is 0 Å². The van der Waals surface area contributed by atoms with Gasteiger partial charge in [0.05, 0.1) is 36.9 Å². The van der Waals surface area contributed by atoms with Crippen LogP contribution in [0.15, 0.2) is 0 Å². The first-order valence-electron chi connectivity index (χ1n) is 14.9. The largest absolute Gasteiger partial charge is 0.459 e. The van der Waals surface area contributed by atoms with E-state index < -0.39 is 0 Å². The standard InChI is InChI=1S/C27H44O6.C2H6/c1-4-18-24-21-15-17(26(32-21)25(24)19(5-2)30-18)20(31-23-11-7-10-14-29-23)16-22(28)33-27(6-3)12-8-9-13-27;1-2/h17-21,23-26H,4-16H2,1-3H3;1-2H3. The first-order chi connectivity index (χ1) is 17.1. The van der Waals surface area contributed by atoms with Gasteiger partial charge in [0.1, 0.15) is 5.60 Å². The molecule has 9 unspecified atom stereocenters. The van der Waals surface area contributed by atoms with E-state index in [-0.39, 0.29) is 48.2 Å². The van der Waals surface area contributed by atoms with Crippen molar-refractivity contribution in [3.05, 3.63) is 0 Å². The minimum Gasteiger partial charge on any atom is -0.459 e. The lowest BCUT2D eigenvalue weighted by atomic mass is 9.69. The summed E-state index contributed by atoms with van der Waals surface area (Å²) in [7, 11) is 0. The van der Waals surface area contributed by atoms with Gasteiger partial charge in [-0.3, -0.25) is 4.79 Å². The topological polar surface area (TPSA) is 63.2 Å². The summed E-state index contributed by atoms with van der Waals surface area (Å²) in [6.45, 7) is 11.3. The second-order valence-electron chi connectivity index (χ2n) is 11.1. The molecule has 0 aromatic carbocycles. The molecule has 6 nitrogen and oxygen atoms in total. The van der Waals surface area contributed by atoms with E-state index >= 15 is 0 Å². The van der Waals surface area contributed by atoms with Crippen molar-refractivity contribution >= 4 is 5.97 Å². The summed E-state index contributed by atoms with van der Waals surface area (Å²) in [4.78, 5) is 13.2. The number of rotatable bonds is 9. The first kappa shape index (κ1) is 27.3. The van der Waals surface area contributed by atoms with Crippen molar-refractivity contribution in [2.45, 2.75) is 154 Å². The van der Waals surface area contributed by atoms with Gasteiger partial charge in [0.15, 0.2) is 6.29 Å². The van der Waals surface area contributed by atoms with E-state index in [1.807, 2.05) is 13.8 Å². The van der Waals surface area contributed by atoms with E-state index in [9.17, 15) is 4.79 Å². The van der Waals surface area contributed by atoms with Crippen molar-refractivity contribution in [2.75, 3.05) is 6.61 Å². The van der Waals surface area contributed by atoms with E-state index in [0.29, 0.717) is 24.4 Å². The maximum Gasteiger partial charge on any atom is 0.308 e. The zero-order valence-electron chi connectivity index (χ0n) is 22.8. The van der Waals surface area contributed by atoms with Gasteiger partial charge >= 0.3 is 5.97 Å². The molecule has 4 aliphatic heterocycles. The highest BCUT2D eigenvalue weighted by Crippen LogP contribution is 2.56. The van der Waals surface area contributed by atoms with Crippen LogP contribution in [0.1, 0.15) is 112 Å². The van der Waals surface area contributed by atoms with Crippen LogP contribution in [0.5, 0.6) is 0 Å². The Hall–Kier alpha value is -0.690. The highest BCUT2D eigenvalue weighted by Gasteiger charge is 2.63. The zero-order chi connectivity index (χ0) is 25.0. The molecule has 35 heavy (non-hydrogen) atoms. The monoisotopic (exact) mass is 494 g/mol. The Kier molecular flexibility index (Phi) is 9.56. The molecule has 0 aromatic rings. The molecule has 202 valence electrons. The second kappa shape index (κ2) is 12.2. The lowest BCUT2D eigenvalue weighted by molar-refractivity contribution is -0.209. The Morgan fingerprint density at radius 3 is 2.31 bits per heavy atom. The maximum absolute atomic E-state index is 13.2. The molecule has 6 heteroatoms. The predicted octanol–water partition coefficient (Wildman–Crippen LogP) is 6.19. The van der Waals surface area contributed by atoms with Crippen molar-refractivity contribution < 1.29 is 28.5 Å². The van der Waals surface area contributed by atoms with Crippen LogP contribution in [0, 0.1) is 17.8 Å². The van der Waals surface area contributed by atoms with Gasteiger partial charge < -0.3 is 23.7 Å². The van der Waals surface area contributed by atoms with Gasteiger partial charge in [0, 0.05) is 24.4 Å². The van der Waals surface area contributed by atoms with Crippen molar-refractivity contribution in [3.8, 4) is 0 Å². The molecule has 0 amide bonds. The Bertz CT molecular complexity index is 670. The zero-order valence-corrected chi connectivity index (χ0v) is 22.8. The highest BCUT2D eigenvalue weighted by atomic mass is 16.7. The molecule has 5 aliphatic rings. The van der Waals surface area contributed by atoms with E-state index in [4.69, 9.17) is 23.7 Å². The molecule has 5 rings (SSSR count). The van der Waals surface area contributed by atoms with Gasteiger partial charge in [-0.05, 0) is 70.6 Å². The van der Waals surface area contributed by atoms with Crippen LogP contribution >= 0.6 is 0 Å². The minimum absolute atomic E-state index is 0.106. The van der Waals surface area contributed by atoms with Gasteiger partial charge in [-0.2, -0.15) is 0 Å². The highest BCUT2D eigenvalue weighted by molar-refractivity contribution is 5.70. The molecule has 2 bridgehead atoms. The third-order valence-electron chi connectivity index (χ3n) is 9.32. The Balaban J connectivity index is 0.00000141. The quantitative estimate of drug-likeness (QED) is 0.356. The molecule has 1 saturated carbocycles. The molecule has 4 heterocycles. The molecule has 1 aliphatic carbocycles. The molecule has 5 fully saturated rings. The van der Waals surface area contributed by atoms with E-state index in [0.717, 1.165) is 77.2 Å². The third-order valence-corrected chi connectivity index (χ3v) is 9.32. The minimum atomic E-state index is -0.264. The number of esters is 1. The second-order valence-corrected chi connectivity index (χ2v) is 11.1. The van der Waals surface area contributed by atoms with Crippen LogP contribution in [0.25, 0.3) is 0 Å². The summed E-state index contributed by atoms with van der Waals surface area (Å²) in [5, 5.41) is 0. The van der Waals surface area contributed by atoms with Crippen molar-refractivity contribution in [2.24, 2.45) is 17.8 Å². The molecule has 0 N–H and O–H groups in total. The lowest BCUT2D eigenvalue weighted by Gasteiger charge is -2.37. The Morgan fingerprint density at radius 1 is 0.971 bits per heavy atom. The van der Waals surface area contributed by atoms with Crippen LogP contribution in [0.2, 0.25) is 0 Å². The lowest BCUT2D eigenvalue weighted by Crippen LogP contribution is -2.45. The fourth-order valence-corrected chi connectivity index (χ4v) is 7.61. The number of hydrogen-bond acceptors (Lipinski definition) is 6. The Labute approximate surface area is 213 Å². The first-order valence-corrected chi connectivity index (χ1v) is 14.9. The smallest absolute Gasteiger partial charge is 0.308 e. The SMILES string of the molecule is CC.CCC1OC(CC)C2C3OC(CC3C(CC(=O)OC3(CC)CCCC3)OC3CCCCO3)C12. The molecular weight excluding hydrogens is 444 g/mol. The molecule has 0 spiro atoms. The van der Waals surface area contributed by atoms with Gasteiger partial charge in [0.2, 0.25) is 0 Å². The molecule has 0 aromatic heterocycles. The Morgan fingerprint density at radius 2 is 1.69 bits per heavy atom. The third kappa shape index (κ3) is 5.61. The summed E-state index contributed by atoms with van der Waals surface area (Å²) >= 11 is 0.